The molecule has 8 rings (SSSR count). The Bertz CT molecular complexity index is 1740. The molecule has 6 fully saturated rings. The minimum Gasteiger partial charge on any atom is -0.462 e. The number of fused-ring (bicyclic) bond motifs is 5. The zero-order chi connectivity index (χ0) is 45.3. The van der Waals surface area contributed by atoms with Gasteiger partial charge in [0, 0.05) is 44.3 Å². The van der Waals surface area contributed by atoms with Gasteiger partial charge in [0.05, 0.1) is 37.1 Å². The van der Waals surface area contributed by atoms with E-state index >= 15 is 0 Å². The van der Waals surface area contributed by atoms with Crippen molar-refractivity contribution in [3.05, 3.63) is 23.3 Å². The van der Waals surface area contributed by atoms with Crippen molar-refractivity contribution in [2.24, 2.45) is 28.6 Å². The van der Waals surface area contributed by atoms with Gasteiger partial charge in [-0.3, -0.25) is 4.79 Å². The van der Waals surface area contributed by atoms with Gasteiger partial charge in [-0.25, -0.2) is 4.79 Å². The van der Waals surface area contributed by atoms with Crippen LogP contribution >= 0.6 is 0 Å². The average molecular weight is 899 g/mol. The van der Waals surface area contributed by atoms with E-state index in [2.05, 4.69) is 19.9 Å². The standard InChI is InChI=1S/C44H66O19/c1-19-39(63-41-38(53)36(51)34(49)29(62-41)18-57-40-37(52)35(50)33(48)28(16-45)61-40)26(55-5)14-31(58-19)60-23-8-10-42(3)22(13-23)6-7-25-24(42)9-11-43(4)32(21-12-30(47)56-17-21)27(59-20(2)46)15-44(25,43)54/h6,12,19,23-29,31-41,45,48-54H,7-11,13-18H2,1-5H3/t19-,23-,24?,25?,26+,27-,28+,29+,31-,32-,33+,34+,35-,36-,37+,38+,39-,40+,41-,42-,43+,44-/m0/s1. The van der Waals surface area contributed by atoms with Gasteiger partial charge in [-0.15, -0.1) is 0 Å². The van der Waals surface area contributed by atoms with E-state index in [1.807, 2.05) is 0 Å². The zero-order valence-corrected chi connectivity index (χ0v) is 36.5. The Labute approximate surface area is 366 Å². The molecule has 0 radical (unpaired) electrons. The van der Waals surface area contributed by atoms with Crippen LogP contribution in [0.5, 0.6) is 0 Å². The molecule has 0 aromatic carbocycles. The first-order chi connectivity index (χ1) is 29.8. The number of cyclic esters (lactones) is 1. The van der Waals surface area contributed by atoms with Crippen LogP contribution in [0.1, 0.15) is 79.1 Å². The molecular formula is C44H66O19. The Kier molecular flexibility index (Phi) is 13.6. The van der Waals surface area contributed by atoms with Crippen LogP contribution in [0, 0.1) is 28.6 Å². The minimum atomic E-state index is -1.73. The van der Waals surface area contributed by atoms with E-state index in [4.69, 9.17) is 42.6 Å². The van der Waals surface area contributed by atoms with Gasteiger partial charge in [-0.05, 0) is 68.3 Å². The van der Waals surface area contributed by atoms with Crippen LogP contribution in [0.4, 0.5) is 0 Å². The lowest BCUT2D eigenvalue weighted by atomic mass is 9.45. The molecule has 8 N–H and O–H groups in total. The topological polar surface area (TPSA) is 279 Å². The quantitative estimate of drug-likeness (QED) is 0.0936. The smallest absolute Gasteiger partial charge is 0.331 e. The Morgan fingerprint density at radius 3 is 2.24 bits per heavy atom. The fourth-order valence-electron chi connectivity index (χ4n) is 12.7. The summed E-state index contributed by atoms with van der Waals surface area (Å²) in [5.41, 5.74) is 0.118. The van der Waals surface area contributed by atoms with E-state index in [-0.39, 0.29) is 42.3 Å². The molecule has 4 aliphatic carbocycles. The first kappa shape index (κ1) is 47.3. The normalized spacial score (nSPS) is 51.0. The second-order valence-electron chi connectivity index (χ2n) is 19.6. The van der Waals surface area contributed by atoms with E-state index in [1.54, 1.807) is 6.92 Å². The predicted molar refractivity (Wildman–Crippen MR) is 213 cm³/mol. The number of hydrogen-bond acceptors (Lipinski definition) is 19. The van der Waals surface area contributed by atoms with Crippen LogP contribution in [-0.4, -0.2) is 184 Å². The van der Waals surface area contributed by atoms with Crippen molar-refractivity contribution < 1.29 is 93.1 Å². The van der Waals surface area contributed by atoms with E-state index in [0.29, 0.717) is 25.7 Å². The third kappa shape index (κ3) is 8.34. The summed E-state index contributed by atoms with van der Waals surface area (Å²) in [6.07, 6.45) is -10.2. The van der Waals surface area contributed by atoms with Gasteiger partial charge in [-0.2, -0.15) is 0 Å². The Balaban J connectivity index is 0.891. The number of ether oxygens (including phenoxy) is 9. The molecule has 0 bridgehead atoms. The maximum absolute atomic E-state index is 12.9. The van der Waals surface area contributed by atoms with Gasteiger partial charge in [0.2, 0.25) is 0 Å². The molecule has 2 unspecified atom stereocenters. The highest BCUT2D eigenvalue weighted by molar-refractivity contribution is 5.85. The van der Waals surface area contributed by atoms with Crippen molar-refractivity contribution in [3.63, 3.8) is 0 Å². The maximum Gasteiger partial charge on any atom is 0.331 e. The van der Waals surface area contributed by atoms with E-state index < -0.39 is 128 Å². The first-order valence-corrected chi connectivity index (χ1v) is 22.4. The van der Waals surface area contributed by atoms with Crippen molar-refractivity contribution >= 4 is 11.9 Å². The minimum absolute atomic E-state index is 0.0765. The number of methoxy groups -OCH3 is 1. The highest BCUT2D eigenvalue weighted by atomic mass is 16.8. The van der Waals surface area contributed by atoms with Gasteiger partial charge >= 0.3 is 11.9 Å². The van der Waals surface area contributed by atoms with E-state index in [0.717, 1.165) is 24.8 Å². The summed E-state index contributed by atoms with van der Waals surface area (Å²) in [6, 6.07) is 0. The number of rotatable bonds is 11. The molecule has 0 aromatic heterocycles. The van der Waals surface area contributed by atoms with Crippen molar-refractivity contribution in [2.45, 2.75) is 183 Å². The number of allylic oxidation sites excluding steroid dienone is 1. The third-order valence-corrected chi connectivity index (χ3v) is 16.1. The number of carbonyl (C=O) groups is 2. The molecule has 4 aliphatic heterocycles. The van der Waals surface area contributed by atoms with Crippen LogP contribution in [0.3, 0.4) is 0 Å². The number of aliphatic hydroxyl groups is 8. The van der Waals surface area contributed by atoms with Crippen LogP contribution in [0.15, 0.2) is 23.3 Å². The molecule has 22 atom stereocenters. The van der Waals surface area contributed by atoms with Gasteiger partial charge in [0.15, 0.2) is 18.9 Å². The molecular weight excluding hydrogens is 832 g/mol. The Morgan fingerprint density at radius 2 is 1.57 bits per heavy atom. The average Bonchev–Trinajstić information content (AvgIpc) is 3.76. The van der Waals surface area contributed by atoms with Gasteiger partial charge < -0.3 is 83.5 Å². The molecule has 8 aliphatic rings. The number of hydrogen-bond donors (Lipinski definition) is 8. The number of carbonyl (C=O) groups excluding carboxylic acids is 2. The van der Waals surface area contributed by atoms with Gasteiger partial charge in [0.25, 0.3) is 0 Å². The van der Waals surface area contributed by atoms with Crippen LogP contribution < -0.4 is 0 Å². The van der Waals surface area contributed by atoms with Crippen LogP contribution in [0.2, 0.25) is 0 Å². The molecule has 3 saturated heterocycles. The fourth-order valence-corrected chi connectivity index (χ4v) is 12.7. The summed E-state index contributed by atoms with van der Waals surface area (Å²) in [6.45, 7) is 6.49. The molecule has 4 heterocycles. The molecule has 3 saturated carbocycles. The SMILES string of the molecule is CO[C@@H]1C[C@H](O[C@H]2CC[C@@]3(C)C(=CCC4C3CC[C@]3(C)[C@@H](C5=CC(=O)OC5)[C@@H](OC(C)=O)C[C@]43O)C2)O[C@@H](C)[C@@H]1O[C@@H]1O[C@H](CO[C@@H]2O[C@H](CO)[C@@H](O)[C@H](O)[C@H]2O)[C@@H](O)[C@H](O)[C@H]1O. The van der Waals surface area contributed by atoms with Crippen LogP contribution in [-0.2, 0) is 52.2 Å². The summed E-state index contributed by atoms with van der Waals surface area (Å²) in [7, 11) is 1.52. The Morgan fingerprint density at radius 1 is 0.873 bits per heavy atom. The lowest BCUT2D eigenvalue weighted by molar-refractivity contribution is -0.354. The second kappa shape index (κ2) is 18.1. The highest BCUT2D eigenvalue weighted by Gasteiger charge is 2.70. The van der Waals surface area contributed by atoms with E-state index in [1.165, 1.54) is 25.7 Å². The van der Waals surface area contributed by atoms with Crippen molar-refractivity contribution in [3.8, 4) is 0 Å². The highest BCUT2D eigenvalue weighted by Crippen LogP contribution is 2.69. The summed E-state index contributed by atoms with van der Waals surface area (Å²) >= 11 is 0. The summed E-state index contributed by atoms with van der Waals surface area (Å²) < 4.78 is 53.0. The summed E-state index contributed by atoms with van der Waals surface area (Å²) in [4.78, 5) is 24.5. The molecule has 0 amide bonds. The number of aliphatic hydroxyl groups excluding tert-OH is 7. The van der Waals surface area contributed by atoms with Crippen molar-refractivity contribution in [2.75, 3.05) is 26.9 Å². The summed E-state index contributed by atoms with van der Waals surface area (Å²) in [5.74, 6) is -1.06. The van der Waals surface area contributed by atoms with Crippen molar-refractivity contribution in [1.29, 1.82) is 0 Å². The maximum atomic E-state index is 12.9. The third-order valence-electron chi connectivity index (χ3n) is 16.1. The molecule has 0 spiro atoms. The second-order valence-corrected chi connectivity index (χ2v) is 19.6. The molecule has 63 heavy (non-hydrogen) atoms. The molecule has 19 nitrogen and oxygen atoms in total. The summed E-state index contributed by atoms with van der Waals surface area (Å²) in [5, 5.41) is 85.4. The molecule has 19 heteroatoms. The Hall–Kier alpha value is -2.18. The van der Waals surface area contributed by atoms with Crippen LogP contribution in [0.25, 0.3) is 0 Å². The fraction of sp³-hybridized carbons (Fsp3) is 0.864. The van der Waals surface area contributed by atoms with Crippen molar-refractivity contribution in [1.82, 2.24) is 0 Å². The van der Waals surface area contributed by atoms with Gasteiger partial charge in [0.1, 0.15) is 67.6 Å². The zero-order valence-electron chi connectivity index (χ0n) is 36.5. The van der Waals surface area contributed by atoms with E-state index in [9.17, 15) is 50.4 Å². The largest absolute Gasteiger partial charge is 0.462 e. The van der Waals surface area contributed by atoms with Gasteiger partial charge in [-0.1, -0.05) is 25.5 Å². The lowest BCUT2D eigenvalue weighted by Gasteiger charge is -2.61. The number of esters is 2. The first-order valence-electron chi connectivity index (χ1n) is 22.4. The predicted octanol–water partition coefficient (Wildman–Crippen LogP) is -0.750. The monoisotopic (exact) mass is 898 g/mol. The lowest BCUT2D eigenvalue weighted by Crippen LogP contribution is -2.63. The molecule has 356 valence electrons. The molecule has 0 aromatic rings.